The van der Waals surface area contributed by atoms with Gasteiger partial charge in [0.2, 0.25) is 0 Å². The predicted molar refractivity (Wildman–Crippen MR) is 64.3 cm³/mol. The number of nitrogens with zero attached hydrogens (tertiary/aromatic N) is 3. The maximum atomic E-state index is 6.06. The van der Waals surface area contributed by atoms with Gasteiger partial charge in [-0.1, -0.05) is 23.2 Å². The van der Waals surface area contributed by atoms with E-state index in [4.69, 9.17) is 23.2 Å². The summed E-state index contributed by atoms with van der Waals surface area (Å²) >= 11 is 12.0. The van der Waals surface area contributed by atoms with Crippen molar-refractivity contribution in [3.63, 3.8) is 0 Å². The third-order valence-corrected chi connectivity index (χ3v) is 4.02. The summed E-state index contributed by atoms with van der Waals surface area (Å²) in [6.45, 7) is 3.03. The molecule has 1 aliphatic heterocycles. The molecular weight excluding hydrogens is 245 g/mol. The minimum Gasteiger partial charge on any atom is -0.368 e. The van der Waals surface area contributed by atoms with Crippen molar-refractivity contribution < 1.29 is 0 Å². The molecule has 2 heterocycles. The van der Waals surface area contributed by atoms with Crippen LogP contribution in [0.4, 0.5) is 0 Å². The lowest BCUT2D eigenvalue weighted by Gasteiger charge is -2.31. The first-order valence-electron chi connectivity index (χ1n) is 5.26. The van der Waals surface area contributed by atoms with E-state index in [1.54, 1.807) is 0 Å². The largest absolute Gasteiger partial charge is 0.368 e. The Balaban J connectivity index is 2.03. The molecule has 0 radical (unpaired) electrons. The van der Waals surface area contributed by atoms with E-state index in [9.17, 15) is 0 Å². The van der Waals surface area contributed by atoms with E-state index in [0.29, 0.717) is 15.8 Å². The van der Waals surface area contributed by atoms with Crippen LogP contribution in [0.25, 0.3) is 6.08 Å². The van der Waals surface area contributed by atoms with Crippen LogP contribution in [-0.2, 0) is 6.54 Å². The van der Waals surface area contributed by atoms with Crippen LogP contribution in [0.2, 0.25) is 10.3 Å². The molecule has 5 heteroatoms. The molecule has 1 aromatic heterocycles. The molecular formula is C11H11Cl2N3. The van der Waals surface area contributed by atoms with Crippen LogP contribution in [0.3, 0.4) is 0 Å². The molecule has 0 spiro atoms. The Labute approximate surface area is 104 Å². The molecule has 2 aliphatic rings. The number of hydrogen-bond acceptors (Lipinski definition) is 3. The first kappa shape index (κ1) is 10.4. The molecule has 0 amide bonds. The zero-order valence-corrected chi connectivity index (χ0v) is 10.4. The lowest BCUT2D eigenvalue weighted by atomic mass is 10.1. The molecule has 0 bridgehead atoms. The second kappa shape index (κ2) is 3.34. The van der Waals surface area contributed by atoms with Gasteiger partial charge in [0.05, 0.1) is 0 Å². The number of rotatable bonds is 1. The van der Waals surface area contributed by atoms with Gasteiger partial charge in [-0.15, -0.1) is 10.2 Å². The van der Waals surface area contributed by atoms with Crippen LogP contribution in [0.5, 0.6) is 0 Å². The fraction of sp³-hybridized carbons (Fsp3) is 0.455. The summed E-state index contributed by atoms with van der Waals surface area (Å²) in [5, 5.41) is 8.54. The first-order valence-corrected chi connectivity index (χ1v) is 6.01. The van der Waals surface area contributed by atoms with Gasteiger partial charge in [-0.2, -0.15) is 0 Å². The van der Waals surface area contributed by atoms with Crippen molar-refractivity contribution in [2.75, 3.05) is 0 Å². The van der Waals surface area contributed by atoms with Gasteiger partial charge < -0.3 is 4.90 Å². The summed E-state index contributed by atoms with van der Waals surface area (Å²) in [5.74, 6) is 0. The Morgan fingerprint density at radius 1 is 1.25 bits per heavy atom. The summed E-state index contributed by atoms with van der Waals surface area (Å²) in [7, 11) is 0. The second-order valence-electron chi connectivity index (χ2n) is 4.61. The average molecular weight is 256 g/mol. The Bertz CT molecular complexity index is 480. The highest BCUT2D eigenvalue weighted by Crippen LogP contribution is 2.44. The van der Waals surface area contributed by atoms with Crippen molar-refractivity contribution in [2.24, 2.45) is 0 Å². The molecule has 0 atom stereocenters. The maximum Gasteiger partial charge on any atom is 0.159 e. The van der Waals surface area contributed by atoms with Gasteiger partial charge in [0.1, 0.15) is 0 Å². The lowest BCUT2D eigenvalue weighted by Crippen LogP contribution is -2.31. The standard InChI is InChI=1S/C11H11Cl2N3/c1-11(3-4-11)16-5-2-7-8(6-16)10(13)15-14-9(7)12/h2,5H,3-4,6H2,1H3. The number of aromatic nitrogens is 2. The van der Waals surface area contributed by atoms with Crippen molar-refractivity contribution in [1.29, 1.82) is 0 Å². The number of fused-ring (bicyclic) bond motifs is 1. The van der Waals surface area contributed by atoms with E-state index >= 15 is 0 Å². The van der Waals surface area contributed by atoms with E-state index in [-0.39, 0.29) is 0 Å². The topological polar surface area (TPSA) is 29.0 Å². The summed E-state index contributed by atoms with van der Waals surface area (Å²) in [4.78, 5) is 2.30. The van der Waals surface area contributed by atoms with E-state index in [2.05, 4.69) is 28.2 Å². The molecule has 1 aliphatic carbocycles. The molecule has 1 fully saturated rings. The lowest BCUT2D eigenvalue weighted by molar-refractivity contribution is 0.264. The van der Waals surface area contributed by atoms with E-state index < -0.39 is 0 Å². The highest BCUT2D eigenvalue weighted by Gasteiger charge is 2.43. The van der Waals surface area contributed by atoms with Gasteiger partial charge in [0.15, 0.2) is 10.3 Å². The van der Waals surface area contributed by atoms with Gasteiger partial charge in [-0.05, 0) is 25.8 Å². The smallest absolute Gasteiger partial charge is 0.159 e. The monoisotopic (exact) mass is 255 g/mol. The Kier molecular flexibility index (Phi) is 2.17. The predicted octanol–water partition coefficient (Wildman–Crippen LogP) is 3.12. The van der Waals surface area contributed by atoms with Crippen molar-refractivity contribution in [3.05, 3.63) is 27.6 Å². The van der Waals surface area contributed by atoms with Crippen LogP contribution in [0.15, 0.2) is 6.20 Å². The molecule has 3 rings (SSSR count). The van der Waals surface area contributed by atoms with Gasteiger partial charge in [-0.3, -0.25) is 0 Å². The summed E-state index contributed by atoms with van der Waals surface area (Å²) in [5.41, 5.74) is 2.19. The van der Waals surface area contributed by atoms with Crippen molar-refractivity contribution >= 4 is 29.3 Å². The van der Waals surface area contributed by atoms with Gasteiger partial charge in [0.25, 0.3) is 0 Å². The van der Waals surface area contributed by atoms with Gasteiger partial charge >= 0.3 is 0 Å². The van der Waals surface area contributed by atoms with Crippen LogP contribution in [-0.4, -0.2) is 20.6 Å². The highest BCUT2D eigenvalue weighted by molar-refractivity contribution is 6.33. The van der Waals surface area contributed by atoms with Crippen LogP contribution < -0.4 is 0 Å². The minimum atomic E-state index is 0.299. The SMILES string of the molecule is CC1(N2C=Cc3c(Cl)nnc(Cl)c3C2)CC1. The third kappa shape index (κ3) is 1.50. The molecule has 3 nitrogen and oxygen atoms in total. The number of hydrogen-bond donors (Lipinski definition) is 0. The Morgan fingerprint density at radius 2 is 1.94 bits per heavy atom. The Morgan fingerprint density at radius 3 is 2.62 bits per heavy atom. The normalized spacial score (nSPS) is 20.8. The fourth-order valence-electron chi connectivity index (χ4n) is 1.98. The van der Waals surface area contributed by atoms with Crippen LogP contribution in [0, 0.1) is 0 Å². The van der Waals surface area contributed by atoms with Crippen LogP contribution >= 0.6 is 23.2 Å². The van der Waals surface area contributed by atoms with E-state index in [1.807, 2.05) is 6.08 Å². The molecule has 16 heavy (non-hydrogen) atoms. The molecule has 0 aromatic carbocycles. The van der Waals surface area contributed by atoms with E-state index in [1.165, 1.54) is 12.8 Å². The molecule has 84 valence electrons. The highest BCUT2D eigenvalue weighted by atomic mass is 35.5. The number of halogens is 2. The van der Waals surface area contributed by atoms with Gasteiger partial charge in [-0.25, -0.2) is 0 Å². The fourth-order valence-corrected chi connectivity index (χ4v) is 2.40. The molecule has 1 saturated carbocycles. The maximum absolute atomic E-state index is 6.06. The minimum absolute atomic E-state index is 0.299. The molecule has 1 aromatic rings. The quantitative estimate of drug-likeness (QED) is 0.773. The summed E-state index contributed by atoms with van der Waals surface area (Å²) in [6, 6.07) is 0. The summed E-state index contributed by atoms with van der Waals surface area (Å²) < 4.78 is 0. The van der Waals surface area contributed by atoms with Crippen molar-refractivity contribution in [3.8, 4) is 0 Å². The zero-order valence-electron chi connectivity index (χ0n) is 8.87. The zero-order chi connectivity index (χ0) is 11.3. The molecule has 0 saturated heterocycles. The first-order chi connectivity index (χ1) is 7.60. The van der Waals surface area contributed by atoms with Crippen molar-refractivity contribution in [1.82, 2.24) is 15.1 Å². The third-order valence-electron chi connectivity index (χ3n) is 3.44. The Hall–Kier alpha value is -0.800. The molecule has 0 N–H and O–H groups in total. The summed E-state index contributed by atoms with van der Waals surface area (Å²) in [6.07, 6.45) is 6.53. The van der Waals surface area contributed by atoms with Crippen molar-refractivity contribution in [2.45, 2.75) is 31.8 Å². The average Bonchev–Trinajstić information content (AvgIpc) is 3.03. The van der Waals surface area contributed by atoms with Gasteiger partial charge in [0, 0.05) is 29.4 Å². The second-order valence-corrected chi connectivity index (χ2v) is 5.33. The van der Waals surface area contributed by atoms with Crippen LogP contribution in [0.1, 0.15) is 30.9 Å². The molecule has 0 unspecified atom stereocenters. The van der Waals surface area contributed by atoms with E-state index in [0.717, 1.165) is 17.7 Å².